The highest BCUT2D eigenvalue weighted by Crippen LogP contribution is 2.36. The van der Waals surface area contributed by atoms with Crippen LogP contribution in [0.5, 0.6) is 5.75 Å². The Kier molecular flexibility index (Phi) is 2.52. The van der Waals surface area contributed by atoms with Crippen molar-refractivity contribution in [1.29, 1.82) is 0 Å². The van der Waals surface area contributed by atoms with E-state index in [0.717, 1.165) is 29.4 Å². The summed E-state index contributed by atoms with van der Waals surface area (Å²) in [7, 11) is 0. The molecule has 0 amide bonds. The van der Waals surface area contributed by atoms with Crippen LogP contribution in [0.1, 0.15) is 11.1 Å². The van der Waals surface area contributed by atoms with Gasteiger partial charge in [0, 0.05) is 5.39 Å². The summed E-state index contributed by atoms with van der Waals surface area (Å²) >= 11 is 0. The monoisotopic (exact) mass is 266 g/mol. The fraction of sp³-hybridized carbons (Fsp3) is 0.214. The number of alkyl halides is 3. The van der Waals surface area contributed by atoms with Crippen LogP contribution < -0.4 is 4.74 Å². The number of aryl methyl sites for hydroxylation is 2. The zero-order valence-corrected chi connectivity index (χ0v) is 9.75. The van der Waals surface area contributed by atoms with Crippen molar-refractivity contribution in [3.05, 3.63) is 41.5 Å². The van der Waals surface area contributed by atoms with E-state index in [1.165, 1.54) is 6.07 Å². The SMILES string of the molecule is O=C(Oc1ccc2c3c(cccc13)CC2)C(F)(F)F. The van der Waals surface area contributed by atoms with Crippen molar-refractivity contribution in [3.63, 3.8) is 0 Å². The third-order valence-corrected chi connectivity index (χ3v) is 3.27. The molecule has 0 saturated carbocycles. The van der Waals surface area contributed by atoms with E-state index in [4.69, 9.17) is 0 Å². The molecule has 0 N–H and O–H groups in total. The number of hydrogen-bond donors (Lipinski definition) is 0. The van der Waals surface area contributed by atoms with Crippen molar-refractivity contribution < 1.29 is 22.7 Å². The third kappa shape index (κ3) is 1.95. The number of halogens is 3. The van der Waals surface area contributed by atoms with Crippen molar-refractivity contribution in [2.24, 2.45) is 0 Å². The summed E-state index contributed by atoms with van der Waals surface area (Å²) in [5.41, 5.74) is 2.16. The first-order chi connectivity index (χ1) is 8.97. The van der Waals surface area contributed by atoms with E-state index in [2.05, 4.69) is 4.74 Å². The molecule has 0 heterocycles. The zero-order valence-electron chi connectivity index (χ0n) is 9.75. The van der Waals surface area contributed by atoms with Crippen LogP contribution in [0, 0.1) is 0 Å². The maximum absolute atomic E-state index is 12.2. The minimum atomic E-state index is -4.98. The first kappa shape index (κ1) is 12.0. The van der Waals surface area contributed by atoms with E-state index in [9.17, 15) is 18.0 Å². The Bertz CT molecular complexity index is 664. The summed E-state index contributed by atoms with van der Waals surface area (Å²) in [6.45, 7) is 0. The standard InChI is InChI=1S/C14H9F3O2/c15-14(16,17)13(18)19-11-7-6-9-5-4-8-2-1-3-10(11)12(8)9/h1-3,6-7H,4-5H2. The minimum Gasteiger partial charge on any atom is -0.419 e. The summed E-state index contributed by atoms with van der Waals surface area (Å²) in [5, 5.41) is 1.47. The molecule has 0 unspecified atom stereocenters. The molecular weight excluding hydrogens is 257 g/mol. The molecular formula is C14H9F3O2. The van der Waals surface area contributed by atoms with E-state index in [1.54, 1.807) is 18.2 Å². The quantitative estimate of drug-likeness (QED) is 0.584. The molecule has 0 spiro atoms. The number of ether oxygens (including phenoxy) is 1. The van der Waals surface area contributed by atoms with Gasteiger partial charge in [0.25, 0.3) is 0 Å². The number of carbonyl (C=O) groups excluding carboxylic acids is 1. The molecule has 5 heteroatoms. The Morgan fingerprint density at radius 3 is 2.42 bits per heavy atom. The van der Waals surface area contributed by atoms with Gasteiger partial charge >= 0.3 is 12.1 Å². The molecule has 3 rings (SSSR count). The highest BCUT2D eigenvalue weighted by molar-refractivity contribution is 5.96. The molecule has 0 bridgehead atoms. The van der Waals surface area contributed by atoms with Gasteiger partial charge in [-0.15, -0.1) is 0 Å². The van der Waals surface area contributed by atoms with Crippen molar-refractivity contribution in [3.8, 4) is 5.75 Å². The van der Waals surface area contributed by atoms with Gasteiger partial charge in [-0.1, -0.05) is 24.3 Å². The lowest BCUT2D eigenvalue weighted by molar-refractivity contribution is -0.189. The Labute approximate surface area is 106 Å². The first-order valence-electron chi connectivity index (χ1n) is 5.79. The van der Waals surface area contributed by atoms with E-state index >= 15 is 0 Å². The van der Waals surface area contributed by atoms with Gasteiger partial charge in [-0.3, -0.25) is 0 Å². The summed E-state index contributed by atoms with van der Waals surface area (Å²) in [4.78, 5) is 10.9. The van der Waals surface area contributed by atoms with Crippen LogP contribution in [0.3, 0.4) is 0 Å². The van der Waals surface area contributed by atoms with Crippen molar-refractivity contribution in [1.82, 2.24) is 0 Å². The van der Waals surface area contributed by atoms with E-state index in [1.807, 2.05) is 6.07 Å². The van der Waals surface area contributed by atoms with Crippen LogP contribution in [0.25, 0.3) is 10.8 Å². The average molecular weight is 266 g/mol. The minimum absolute atomic E-state index is 0.0372. The smallest absolute Gasteiger partial charge is 0.419 e. The maximum Gasteiger partial charge on any atom is 0.491 e. The second-order valence-corrected chi connectivity index (χ2v) is 4.45. The van der Waals surface area contributed by atoms with Crippen LogP contribution in [0.2, 0.25) is 0 Å². The fourth-order valence-corrected chi connectivity index (χ4v) is 2.47. The summed E-state index contributed by atoms with van der Waals surface area (Å²) in [6, 6.07) is 8.52. The maximum atomic E-state index is 12.2. The number of rotatable bonds is 1. The first-order valence-corrected chi connectivity index (χ1v) is 5.79. The van der Waals surface area contributed by atoms with E-state index in [-0.39, 0.29) is 5.75 Å². The van der Waals surface area contributed by atoms with Crippen molar-refractivity contribution in [2.75, 3.05) is 0 Å². The Morgan fingerprint density at radius 2 is 1.74 bits per heavy atom. The second-order valence-electron chi connectivity index (χ2n) is 4.45. The normalized spacial score (nSPS) is 13.8. The van der Waals surface area contributed by atoms with E-state index in [0.29, 0.717) is 5.39 Å². The molecule has 0 saturated heterocycles. The predicted molar refractivity (Wildman–Crippen MR) is 63.0 cm³/mol. The highest BCUT2D eigenvalue weighted by Gasteiger charge is 2.41. The van der Waals surface area contributed by atoms with Gasteiger partial charge < -0.3 is 4.74 Å². The lowest BCUT2D eigenvalue weighted by atomic mass is 10.0. The van der Waals surface area contributed by atoms with Crippen LogP contribution in [-0.4, -0.2) is 12.1 Å². The van der Waals surface area contributed by atoms with Crippen molar-refractivity contribution in [2.45, 2.75) is 19.0 Å². The van der Waals surface area contributed by atoms with Crippen molar-refractivity contribution >= 4 is 16.7 Å². The highest BCUT2D eigenvalue weighted by atomic mass is 19.4. The predicted octanol–water partition coefficient (Wildman–Crippen LogP) is 3.41. The largest absolute Gasteiger partial charge is 0.491 e. The molecule has 0 atom stereocenters. The lowest BCUT2D eigenvalue weighted by Crippen LogP contribution is -2.28. The van der Waals surface area contributed by atoms with Gasteiger partial charge in [0.05, 0.1) is 0 Å². The van der Waals surface area contributed by atoms with Gasteiger partial charge in [-0.05, 0) is 35.4 Å². The lowest BCUT2D eigenvalue weighted by Gasteiger charge is -2.10. The third-order valence-electron chi connectivity index (χ3n) is 3.27. The summed E-state index contributed by atoms with van der Waals surface area (Å²) < 4.78 is 41.2. The number of esters is 1. The topological polar surface area (TPSA) is 26.3 Å². The number of carbonyl (C=O) groups is 1. The molecule has 0 radical (unpaired) electrons. The van der Waals surface area contributed by atoms with Gasteiger partial charge in [0.1, 0.15) is 5.75 Å². The Balaban J connectivity index is 2.09. The van der Waals surface area contributed by atoms with Gasteiger partial charge in [0.2, 0.25) is 0 Å². The molecule has 0 fully saturated rings. The molecule has 0 aromatic heterocycles. The van der Waals surface area contributed by atoms with E-state index < -0.39 is 12.1 Å². The zero-order chi connectivity index (χ0) is 13.6. The summed E-state index contributed by atoms with van der Waals surface area (Å²) in [6.07, 6.45) is -3.25. The Hall–Kier alpha value is -2.04. The molecule has 98 valence electrons. The molecule has 1 aliphatic rings. The van der Waals surface area contributed by atoms with Gasteiger partial charge in [-0.2, -0.15) is 13.2 Å². The number of hydrogen-bond acceptors (Lipinski definition) is 2. The number of benzene rings is 2. The molecule has 19 heavy (non-hydrogen) atoms. The Morgan fingerprint density at radius 1 is 1.05 bits per heavy atom. The molecule has 2 nitrogen and oxygen atoms in total. The van der Waals surface area contributed by atoms with Crippen LogP contribution in [0.4, 0.5) is 13.2 Å². The molecule has 2 aromatic rings. The molecule has 0 aliphatic heterocycles. The second kappa shape index (κ2) is 3.98. The average Bonchev–Trinajstić information content (AvgIpc) is 2.76. The van der Waals surface area contributed by atoms with Gasteiger partial charge in [0.15, 0.2) is 0 Å². The molecule has 2 aromatic carbocycles. The molecule has 1 aliphatic carbocycles. The summed E-state index contributed by atoms with van der Waals surface area (Å²) in [5.74, 6) is -2.23. The van der Waals surface area contributed by atoms with Gasteiger partial charge in [-0.25, -0.2) is 4.79 Å². The van der Waals surface area contributed by atoms with Crippen LogP contribution in [0.15, 0.2) is 30.3 Å². The van der Waals surface area contributed by atoms with Crippen LogP contribution in [-0.2, 0) is 17.6 Å². The van der Waals surface area contributed by atoms with Crippen LogP contribution >= 0.6 is 0 Å². The fourth-order valence-electron chi connectivity index (χ4n) is 2.47.